The van der Waals surface area contributed by atoms with Crippen LogP contribution in [0.25, 0.3) is 21.5 Å². The van der Waals surface area contributed by atoms with Gasteiger partial charge in [-0.05, 0) is 42.8 Å². The normalized spacial score (nSPS) is 11.1. The highest BCUT2D eigenvalue weighted by Crippen LogP contribution is 2.26. The molecule has 0 saturated heterocycles. The summed E-state index contributed by atoms with van der Waals surface area (Å²) >= 11 is 0. The first-order valence-corrected chi connectivity index (χ1v) is 9.84. The lowest BCUT2D eigenvalue weighted by molar-refractivity contribution is 0.0602. The van der Waals surface area contributed by atoms with Gasteiger partial charge in [0.15, 0.2) is 5.69 Å². The molecule has 4 aromatic rings. The summed E-state index contributed by atoms with van der Waals surface area (Å²) in [5.74, 6) is -1.09. The Labute approximate surface area is 178 Å². The van der Waals surface area contributed by atoms with Crippen molar-refractivity contribution in [3.05, 3.63) is 82.3 Å². The molecule has 7 heteroatoms. The van der Waals surface area contributed by atoms with E-state index < -0.39 is 11.9 Å². The van der Waals surface area contributed by atoms with Crippen molar-refractivity contribution in [2.24, 2.45) is 0 Å². The monoisotopic (exact) mass is 415 g/mol. The van der Waals surface area contributed by atoms with Crippen molar-refractivity contribution in [2.75, 3.05) is 12.4 Å². The van der Waals surface area contributed by atoms with E-state index in [2.05, 4.69) is 10.4 Å². The Kier molecular flexibility index (Phi) is 5.25. The molecule has 7 nitrogen and oxygen atoms in total. The number of carbonyl (C=O) groups excluding carboxylic acids is 2. The number of hydrogen-bond acceptors (Lipinski definition) is 5. The molecule has 3 aromatic carbocycles. The maximum absolute atomic E-state index is 13.3. The van der Waals surface area contributed by atoms with Crippen LogP contribution in [0.5, 0.6) is 0 Å². The summed E-state index contributed by atoms with van der Waals surface area (Å²) in [5, 5.41) is 9.68. The number of carbonyl (C=O) groups is 2. The first-order valence-electron chi connectivity index (χ1n) is 9.84. The van der Waals surface area contributed by atoms with Gasteiger partial charge < -0.3 is 10.1 Å². The number of aromatic nitrogens is 2. The average Bonchev–Trinajstić information content (AvgIpc) is 2.78. The number of anilines is 1. The maximum Gasteiger partial charge on any atom is 0.339 e. The molecular weight excluding hydrogens is 394 g/mol. The quantitative estimate of drug-likeness (QED) is 0.505. The Morgan fingerprint density at radius 2 is 1.58 bits per heavy atom. The minimum Gasteiger partial charge on any atom is -0.465 e. The van der Waals surface area contributed by atoms with Gasteiger partial charge in [-0.3, -0.25) is 9.59 Å². The highest BCUT2D eigenvalue weighted by Gasteiger charge is 2.21. The van der Waals surface area contributed by atoms with Gasteiger partial charge in [0.25, 0.3) is 11.5 Å². The SMILES string of the molecule is COC(=O)c1cc2ccccc2cc1NC(=O)c1nn(C(C)C)c(=O)c2ccccc12. The number of ether oxygens (including phenoxy) is 1. The molecule has 0 atom stereocenters. The second-order valence-electron chi connectivity index (χ2n) is 7.43. The number of esters is 1. The van der Waals surface area contributed by atoms with Gasteiger partial charge in [0.1, 0.15) is 0 Å². The van der Waals surface area contributed by atoms with Crippen molar-refractivity contribution in [3.8, 4) is 0 Å². The molecule has 0 aliphatic heterocycles. The molecule has 0 saturated carbocycles. The van der Waals surface area contributed by atoms with Crippen molar-refractivity contribution in [2.45, 2.75) is 19.9 Å². The summed E-state index contributed by atoms with van der Waals surface area (Å²) < 4.78 is 6.19. The van der Waals surface area contributed by atoms with Crippen molar-refractivity contribution in [1.29, 1.82) is 0 Å². The molecule has 0 spiro atoms. The number of hydrogen-bond donors (Lipinski definition) is 1. The van der Waals surface area contributed by atoms with Crippen LogP contribution in [-0.2, 0) is 4.74 Å². The molecular formula is C24H21N3O4. The standard InChI is InChI=1S/C24H21N3O4/c1-14(2)27-23(29)18-11-7-6-10-17(18)21(26-27)22(28)25-20-13-16-9-5-4-8-15(16)12-19(20)24(30)31-3/h4-14H,1-3H3,(H,25,28). The van der Waals surface area contributed by atoms with E-state index in [4.69, 9.17) is 4.74 Å². The van der Waals surface area contributed by atoms with Crippen LogP contribution in [0.2, 0.25) is 0 Å². The van der Waals surface area contributed by atoms with Gasteiger partial charge >= 0.3 is 5.97 Å². The number of nitrogens with zero attached hydrogens (tertiary/aromatic N) is 2. The first-order chi connectivity index (χ1) is 14.9. The Morgan fingerprint density at radius 1 is 0.968 bits per heavy atom. The predicted molar refractivity (Wildman–Crippen MR) is 120 cm³/mol. The molecule has 0 aliphatic rings. The van der Waals surface area contributed by atoms with Crippen molar-refractivity contribution < 1.29 is 14.3 Å². The topological polar surface area (TPSA) is 90.3 Å². The smallest absolute Gasteiger partial charge is 0.339 e. The van der Waals surface area contributed by atoms with Crippen LogP contribution in [0, 0.1) is 0 Å². The Morgan fingerprint density at radius 3 is 2.23 bits per heavy atom. The van der Waals surface area contributed by atoms with Crippen LogP contribution in [-0.4, -0.2) is 28.8 Å². The Bertz CT molecular complexity index is 1390. The summed E-state index contributed by atoms with van der Waals surface area (Å²) in [5.41, 5.74) is 0.385. The molecule has 4 rings (SSSR count). The molecule has 156 valence electrons. The molecule has 0 aliphatic carbocycles. The van der Waals surface area contributed by atoms with E-state index in [0.29, 0.717) is 16.5 Å². The van der Waals surface area contributed by atoms with Crippen LogP contribution in [0.3, 0.4) is 0 Å². The highest BCUT2D eigenvalue weighted by atomic mass is 16.5. The number of benzene rings is 3. The van der Waals surface area contributed by atoms with Crippen molar-refractivity contribution >= 4 is 39.1 Å². The second-order valence-corrected chi connectivity index (χ2v) is 7.43. The van der Waals surface area contributed by atoms with E-state index in [-0.39, 0.29) is 22.9 Å². The number of fused-ring (bicyclic) bond motifs is 2. The van der Waals surface area contributed by atoms with Crippen LogP contribution in [0.15, 0.2) is 65.5 Å². The van der Waals surface area contributed by atoms with Crippen LogP contribution in [0.4, 0.5) is 5.69 Å². The second kappa shape index (κ2) is 8.02. The molecule has 1 amide bonds. The van der Waals surface area contributed by atoms with E-state index in [0.717, 1.165) is 10.8 Å². The van der Waals surface area contributed by atoms with E-state index in [1.807, 2.05) is 38.1 Å². The zero-order valence-electron chi connectivity index (χ0n) is 17.4. The molecule has 1 aromatic heterocycles. The van der Waals surface area contributed by atoms with Crippen LogP contribution >= 0.6 is 0 Å². The molecule has 0 fully saturated rings. The maximum atomic E-state index is 13.3. The van der Waals surface area contributed by atoms with Gasteiger partial charge in [0.05, 0.1) is 29.8 Å². The van der Waals surface area contributed by atoms with Gasteiger partial charge in [0.2, 0.25) is 0 Å². The summed E-state index contributed by atoms with van der Waals surface area (Å²) in [4.78, 5) is 38.4. The largest absolute Gasteiger partial charge is 0.465 e. The van der Waals surface area contributed by atoms with Crippen LogP contribution < -0.4 is 10.9 Å². The highest BCUT2D eigenvalue weighted by molar-refractivity contribution is 6.14. The van der Waals surface area contributed by atoms with Crippen molar-refractivity contribution in [3.63, 3.8) is 0 Å². The predicted octanol–water partition coefficient (Wildman–Crippen LogP) is 4.17. The number of rotatable bonds is 4. The molecule has 1 heterocycles. The molecule has 0 unspecified atom stereocenters. The number of nitrogens with one attached hydrogen (secondary N) is 1. The fourth-order valence-electron chi connectivity index (χ4n) is 3.53. The van der Waals surface area contributed by atoms with Gasteiger partial charge in [-0.15, -0.1) is 0 Å². The molecule has 0 radical (unpaired) electrons. The third kappa shape index (κ3) is 3.66. The minimum absolute atomic E-state index is 0.105. The van der Waals surface area contributed by atoms with Gasteiger partial charge in [-0.1, -0.05) is 42.5 Å². The lowest BCUT2D eigenvalue weighted by atomic mass is 10.0. The summed E-state index contributed by atoms with van der Waals surface area (Å²) in [6, 6.07) is 17.5. The molecule has 31 heavy (non-hydrogen) atoms. The van der Waals surface area contributed by atoms with Gasteiger partial charge in [0, 0.05) is 5.39 Å². The van der Waals surface area contributed by atoms with Gasteiger partial charge in [-0.25, -0.2) is 9.48 Å². The lowest BCUT2D eigenvalue weighted by Gasteiger charge is -2.15. The summed E-state index contributed by atoms with van der Waals surface area (Å²) in [6.07, 6.45) is 0. The third-order valence-electron chi connectivity index (χ3n) is 5.07. The fourth-order valence-corrected chi connectivity index (χ4v) is 3.53. The van der Waals surface area contributed by atoms with E-state index >= 15 is 0 Å². The minimum atomic E-state index is -0.564. The Hall–Kier alpha value is -4.00. The van der Waals surface area contributed by atoms with Crippen LogP contribution in [0.1, 0.15) is 40.7 Å². The Balaban J connectivity index is 1.86. The van der Waals surface area contributed by atoms with E-state index in [1.165, 1.54) is 11.8 Å². The zero-order valence-corrected chi connectivity index (χ0v) is 17.4. The van der Waals surface area contributed by atoms with Crippen molar-refractivity contribution in [1.82, 2.24) is 9.78 Å². The van der Waals surface area contributed by atoms with Gasteiger partial charge in [-0.2, -0.15) is 5.10 Å². The third-order valence-corrected chi connectivity index (χ3v) is 5.07. The lowest BCUT2D eigenvalue weighted by Crippen LogP contribution is -2.29. The summed E-state index contributed by atoms with van der Waals surface area (Å²) in [7, 11) is 1.29. The summed E-state index contributed by atoms with van der Waals surface area (Å²) in [6.45, 7) is 3.65. The number of amides is 1. The fraction of sp³-hybridized carbons (Fsp3) is 0.167. The van der Waals surface area contributed by atoms with E-state index in [1.54, 1.807) is 36.4 Å². The zero-order chi connectivity index (χ0) is 22.1. The molecule has 0 bridgehead atoms. The first kappa shape index (κ1) is 20.3. The molecule has 1 N–H and O–H groups in total. The number of methoxy groups -OCH3 is 1. The average molecular weight is 415 g/mol. The van der Waals surface area contributed by atoms with E-state index in [9.17, 15) is 14.4 Å².